The minimum Gasteiger partial charge on any atom is -0.381 e. The highest BCUT2D eigenvalue weighted by molar-refractivity contribution is 6.33. The number of rotatable bonds is 3. The zero-order chi connectivity index (χ0) is 10.8. The van der Waals surface area contributed by atoms with E-state index in [-0.39, 0.29) is 10.7 Å². The highest BCUT2D eigenvalue weighted by Gasteiger charge is 2.18. The van der Waals surface area contributed by atoms with Gasteiger partial charge < -0.3 is 5.32 Å². The second kappa shape index (κ2) is 4.35. The van der Waals surface area contributed by atoms with Crippen molar-refractivity contribution >= 4 is 17.3 Å². The smallest absolute Gasteiger partial charge is 0.150 e. The van der Waals surface area contributed by atoms with Crippen LogP contribution in [0.25, 0.3) is 0 Å². The number of hydrogen-bond acceptors (Lipinski definition) is 1. The topological polar surface area (TPSA) is 12.0 Å². The van der Waals surface area contributed by atoms with E-state index in [2.05, 4.69) is 5.32 Å². The molecule has 82 valence electrons. The van der Waals surface area contributed by atoms with Gasteiger partial charge in [-0.2, -0.15) is 0 Å². The first-order valence-electron chi connectivity index (χ1n) is 5.05. The zero-order valence-corrected chi connectivity index (χ0v) is 8.95. The third-order valence-corrected chi connectivity index (χ3v) is 3.10. The van der Waals surface area contributed by atoms with Crippen molar-refractivity contribution in [3.8, 4) is 0 Å². The van der Waals surface area contributed by atoms with E-state index in [9.17, 15) is 8.78 Å². The summed E-state index contributed by atoms with van der Waals surface area (Å²) in [4.78, 5) is 0. The Morgan fingerprint density at radius 3 is 2.60 bits per heavy atom. The number of halogens is 3. The monoisotopic (exact) mass is 231 g/mol. The van der Waals surface area contributed by atoms with E-state index in [1.54, 1.807) is 0 Å². The lowest BCUT2D eigenvalue weighted by Gasteiger charge is -2.26. The van der Waals surface area contributed by atoms with E-state index in [4.69, 9.17) is 11.6 Å². The maximum absolute atomic E-state index is 13.3. The second-order valence-electron chi connectivity index (χ2n) is 3.92. The van der Waals surface area contributed by atoms with Crippen molar-refractivity contribution in [1.29, 1.82) is 0 Å². The van der Waals surface area contributed by atoms with Crippen molar-refractivity contribution < 1.29 is 8.78 Å². The molecule has 1 N–H and O–H groups in total. The Bertz CT molecular complexity index is 341. The van der Waals surface area contributed by atoms with E-state index in [1.165, 1.54) is 19.3 Å². The molecule has 1 fully saturated rings. The standard InChI is InChI=1S/C11H12ClF2N/c12-9-4-8(13)5-10(14)11(9)15-6-7-2-1-3-7/h4-5,7,15H,1-3,6H2. The molecule has 0 bridgehead atoms. The fraction of sp³-hybridized carbons (Fsp3) is 0.455. The van der Waals surface area contributed by atoms with Crippen LogP contribution in [0.4, 0.5) is 14.5 Å². The van der Waals surface area contributed by atoms with Gasteiger partial charge in [-0.3, -0.25) is 0 Å². The fourth-order valence-electron chi connectivity index (χ4n) is 1.65. The maximum Gasteiger partial charge on any atom is 0.150 e. The SMILES string of the molecule is Fc1cc(F)c(NCC2CCC2)c(Cl)c1. The van der Waals surface area contributed by atoms with Crippen LogP contribution in [-0.4, -0.2) is 6.54 Å². The Kier molecular flexibility index (Phi) is 3.10. The number of nitrogens with one attached hydrogen (secondary N) is 1. The number of benzene rings is 1. The first kappa shape index (κ1) is 10.7. The van der Waals surface area contributed by atoms with Gasteiger partial charge in [0.05, 0.1) is 10.7 Å². The predicted octanol–water partition coefficient (Wildman–Crippen LogP) is 3.83. The van der Waals surface area contributed by atoms with E-state index in [0.29, 0.717) is 12.5 Å². The highest BCUT2D eigenvalue weighted by atomic mass is 35.5. The molecule has 0 radical (unpaired) electrons. The average molecular weight is 232 g/mol. The molecule has 0 aliphatic heterocycles. The van der Waals surface area contributed by atoms with E-state index < -0.39 is 11.6 Å². The summed E-state index contributed by atoms with van der Waals surface area (Å²) in [5.74, 6) is -0.670. The van der Waals surface area contributed by atoms with Gasteiger partial charge in [-0.15, -0.1) is 0 Å². The lowest BCUT2D eigenvalue weighted by Crippen LogP contribution is -2.21. The molecule has 1 aliphatic carbocycles. The van der Waals surface area contributed by atoms with E-state index in [1.807, 2.05) is 0 Å². The van der Waals surface area contributed by atoms with Crippen molar-refractivity contribution in [1.82, 2.24) is 0 Å². The molecule has 0 spiro atoms. The normalized spacial score (nSPS) is 16.2. The highest BCUT2D eigenvalue weighted by Crippen LogP contribution is 2.30. The summed E-state index contributed by atoms with van der Waals surface area (Å²) >= 11 is 5.74. The summed E-state index contributed by atoms with van der Waals surface area (Å²) in [5, 5.41) is 3.04. The molecule has 0 heterocycles. The van der Waals surface area contributed by atoms with Gasteiger partial charge in [-0.05, 0) is 24.8 Å². The van der Waals surface area contributed by atoms with E-state index >= 15 is 0 Å². The van der Waals surface area contributed by atoms with Gasteiger partial charge in [0.1, 0.15) is 5.82 Å². The van der Waals surface area contributed by atoms with Crippen molar-refractivity contribution in [2.75, 3.05) is 11.9 Å². The molecule has 1 saturated carbocycles. The Morgan fingerprint density at radius 2 is 2.07 bits per heavy atom. The largest absolute Gasteiger partial charge is 0.381 e. The van der Waals surface area contributed by atoms with Gasteiger partial charge in [0.2, 0.25) is 0 Å². The van der Waals surface area contributed by atoms with Gasteiger partial charge in [0.15, 0.2) is 5.82 Å². The Balaban J connectivity index is 2.05. The molecule has 0 unspecified atom stereocenters. The van der Waals surface area contributed by atoms with Gasteiger partial charge >= 0.3 is 0 Å². The van der Waals surface area contributed by atoms with Gasteiger partial charge in [-0.25, -0.2) is 8.78 Å². The van der Waals surface area contributed by atoms with Crippen LogP contribution in [0.5, 0.6) is 0 Å². The number of anilines is 1. The van der Waals surface area contributed by atoms with E-state index in [0.717, 1.165) is 12.1 Å². The van der Waals surface area contributed by atoms with Gasteiger partial charge in [0.25, 0.3) is 0 Å². The Hall–Kier alpha value is -0.830. The van der Waals surface area contributed by atoms with Crippen LogP contribution >= 0.6 is 11.6 Å². The molecule has 1 aromatic carbocycles. The fourth-order valence-corrected chi connectivity index (χ4v) is 1.92. The molecule has 4 heteroatoms. The molecule has 0 atom stereocenters. The Labute approximate surface area is 92.4 Å². The third kappa shape index (κ3) is 2.40. The van der Waals surface area contributed by atoms with Crippen LogP contribution in [0.3, 0.4) is 0 Å². The van der Waals surface area contributed by atoms with Crippen molar-refractivity contribution in [2.45, 2.75) is 19.3 Å². The number of hydrogen-bond donors (Lipinski definition) is 1. The minimum atomic E-state index is -0.647. The molecule has 1 aromatic rings. The summed E-state index contributed by atoms with van der Waals surface area (Å²) in [6.45, 7) is 0.711. The molecular formula is C11H12ClF2N. The molecule has 15 heavy (non-hydrogen) atoms. The lowest BCUT2D eigenvalue weighted by atomic mass is 9.85. The maximum atomic E-state index is 13.3. The molecule has 2 rings (SSSR count). The Morgan fingerprint density at radius 1 is 1.33 bits per heavy atom. The molecule has 1 aliphatic rings. The van der Waals surface area contributed by atoms with Crippen LogP contribution in [0, 0.1) is 17.6 Å². The van der Waals surface area contributed by atoms with Crippen molar-refractivity contribution in [3.63, 3.8) is 0 Å². The van der Waals surface area contributed by atoms with Crippen molar-refractivity contribution in [3.05, 3.63) is 28.8 Å². The summed E-state index contributed by atoms with van der Waals surface area (Å²) in [7, 11) is 0. The molecule has 0 saturated heterocycles. The average Bonchev–Trinajstić information content (AvgIpc) is 2.06. The van der Waals surface area contributed by atoms with Crippen LogP contribution in [0.2, 0.25) is 5.02 Å². The van der Waals surface area contributed by atoms with Gasteiger partial charge in [0, 0.05) is 12.6 Å². The minimum absolute atomic E-state index is 0.104. The summed E-state index contributed by atoms with van der Waals surface area (Å²) in [6, 6.07) is 1.96. The molecule has 0 aromatic heterocycles. The van der Waals surface area contributed by atoms with Crippen molar-refractivity contribution in [2.24, 2.45) is 5.92 Å². The zero-order valence-electron chi connectivity index (χ0n) is 8.19. The van der Waals surface area contributed by atoms with Crippen LogP contribution in [0.15, 0.2) is 12.1 Å². The van der Waals surface area contributed by atoms with Crippen LogP contribution < -0.4 is 5.32 Å². The second-order valence-corrected chi connectivity index (χ2v) is 4.33. The van der Waals surface area contributed by atoms with Gasteiger partial charge in [-0.1, -0.05) is 18.0 Å². The lowest BCUT2D eigenvalue weighted by molar-refractivity contribution is 0.333. The first-order chi connectivity index (χ1) is 7.16. The molecular weight excluding hydrogens is 220 g/mol. The molecule has 0 amide bonds. The van der Waals surface area contributed by atoms with Crippen LogP contribution in [0.1, 0.15) is 19.3 Å². The summed E-state index contributed by atoms with van der Waals surface area (Å²) in [6.07, 6.45) is 3.59. The first-order valence-corrected chi connectivity index (χ1v) is 5.43. The quantitative estimate of drug-likeness (QED) is 0.834. The summed E-state index contributed by atoms with van der Waals surface area (Å²) < 4.78 is 26.0. The third-order valence-electron chi connectivity index (χ3n) is 2.80. The predicted molar refractivity (Wildman–Crippen MR) is 57.2 cm³/mol. The molecule has 1 nitrogen and oxygen atoms in total. The summed E-state index contributed by atoms with van der Waals surface area (Å²) in [5.41, 5.74) is 0.213. The van der Waals surface area contributed by atoms with Crippen LogP contribution in [-0.2, 0) is 0 Å².